The van der Waals surface area contributed by atoms with E-state index in [9.17, 15) is 4.79 Å². The largest absolute Gasteiger partial charge is 0.298 e. The minimum Gasteiger partial charge on any atom is -0.298 e. The fourth-order valence-electron chi connectivity index (χ4n) is 0.821. The molecule has 0 atom stereocenters. The molecule has 58 valence electrons. The van der Waals surface area contributed by atoms with Gasteiger partial charge in [-0.2, -0.15) is 0 Å². The molecule has 1 rings (SSSR count). The van der Waals surface area contributed by atoms with E-state index in [-0.39, 0.29) is 0 Å². The predicted molar refractivity (Wildman–Crippen MR) is 46.6 cm³/mol. The number of halogens is 2. The van der Waals surface area contributed by atoms with Crippen molar-refractivity contribution in [2.45, 2.75) is 6.92 Å². The summed E-state index contributed by atoms with van der Waals surface area (Å²) >= 11 is 11.5. The molecule has 0 saturated heterocycles. The van der Waals surface area contributed by atoms with Crippen molar-refractivity contribution in [3.8, 4) is 0 Å². The third-order valence-electron chi connectivity index (χ3n) is 1.37. The molecule has 0 heterocycles. The first kappa shape index (κ1) is 8.57. The number of rotatable bonds is 1. The van der Waals surface area contributed by atoms with E-state index in [4.69, 9.17) is 23.2 Å². The van der Waals surface area contributed by atoms with Crippen molar-refractivity contribution in [2.75, 3.05) is 0 Å². The molecule has 0 aromatic heterocycles. The van der Waals surface area contributed by atoms with Crippen LogP contribution >= 0.6 is 23.2 Å². The standard InChI is InChI=1S/C8H6Cl2O/c1-5-2-6(4-11)3-7(9)8(5)10/h2-4H,1H3. The van der Waals surface area contributed by atoms with Gasteiger partial charge in [-0.25, -0.2) is 0 Å². The maximum absolute atomic E-state index is 10.3. The highest BCUT2D eigenvalue weighted by molar-refractivity contribution is 6.42. The topological polar surface area (TPSA) is 17.1 Å². The van der Waals surface area contributed by atoms with E-state index in [0.29, 0.717) is 15.6 Å². The Labute approximate surface area is 74.9 Å². The molecule has 0 aliphatic rings. The molecule has 0 aliphatic carbocycles. The van der Waals surface area contributed by atoms with Crippen molar-refractivity contribution < 1.29 is 4.79 Å². The number of hydrogen-bond donors (Lipinski definition) is 0. The molecule has 0 aliphatic heterocycles. The lowest BCUT2D eigenvalue weighted by molar-refractivity contribution is 0.112. The first-order chi connectivity index (χ1) is 5.15. The van der Waals surface area contributed by atoms with Crippen LogP contribution in [0.1, 0.15) is 15.9 Å². The smallest absolute Gasteiger partial charge is 0.150 e. The molecule has 0 amide bonds. The number of carbonyl (C=O) groups excluding carboxylic acids is 1. The van der Waals surface area contributed by atoms with Gasteiger partial charge < -0.3 is 0 Å². The summed E-state index contributed by atoms with van der Waals surface area (Å²) in [7, 11) is 0. The summed E-state index contributed by atoms with van der Waals surface area (Å²) in [6.45, 7) is 1.81. The molecular formula is C8H6Cl2O. The Hall–Kier alpha value is -0.530. The lowest BCUT2D eigenvalue weighted by Crippen LogP contribution is -1.83. The van der Waals surface area contributed by atoms with E-state index in [2.05, 4.69) is 0 Å². The van der Waals surface area contributed by atoms with E-state index in [1.165, 1.54) is 0 Å². The molecule has 0 spiro atoms. The van der Waals surface area contributed by atoms with Gasteiger partial charge in [0.25, 0.3) is 0 Å². The summed E-state index contributed by atoms with van der Waals surface area (Å²) in [5.74, 6) is 0. The van der Waals surface area contributed by atoms with E-state index in [1.807, 2.05) is 0 Å². The van der Waals surface area contributed by atoms with Crippen LogP contribution in [0.5, 0.6) is 0 Å². The summed E-state index contributed by atoms with van der Waals surface area (Å²) in [5, 5.41) is 0.936. The highest BCUT2D eigenvalue weighted by Gasteiger charge is 2.02. The molecule has 0 fully saturated rings. The van der Waals surface area contributed by atoms with E-state index in [1.54, 1.807) is 19.1 Å². The number of benzene rings is 1. The van der Waals surface area contributed by atoms with Gasteiger partial charge in [0, 0.05) is 5.56 Å². The Morgan fingerprint density at radius 1 is 1.36 bits per heavy atom. The lowest BCUT2D eigenvalue weighted by atomic mass is 10.1. The fraction of sp³-hybridized carbons (Fsp3) is 0.125. The quantitative estimate of drug-likeness (QED) is 0.620. The molecule has 0 N–H and O–H groups in total. The second kappa shape index (κ2) is 3.24. The van der Waals surface area contributed by atoms with Crippen molar-refractivity contribution in [2.24, 2.45) is 0 Å². The van der Waals surface area contributed by atoms with Crippen LogP contribution in [-0.4, -0.2) is 6.29 Å². The Morgan fingerprint density at radius 2 is 2.00 bits per heavy atom. The number of aldehydes is 1. The predicted octanol–water partition coefficient (Wildman–Crippen LogP) is 3.11. The number of aryl methyl sites for hydroxylation is 1. The Kier molecular flexibility index (Phi) is 2.53. The van der Waals surface area contributed by atoms with E-state index < -0.39 is 0 Å². The summed E-state index contributed by atoms with van der Waals surface area (Å²) in [6.07, 6.45) is 0.745. The van der Waals surface area contributed by atoms with Crippen molar-refractivity contribution in [3.05, 3.63) is 33.3 Å². The van der Waals surface area contributed by atoms with Gasteiger partial charge in [0.15, 0.2) is 0 Å². The first-order valence-electron chi connectivity index (χ1n) is 3.06. The van der Waals surface area contributed by atoms with Gasteiger partial charge >= 0.3 is 0 Å². The SMILES string of the molecule is Cc1cc(C=O)cc(Cl)c1Cl. The van der Waals surface area contributed by atoms with Crippen molar-refractivity contribution in [3.63, 3.8) is 0 Å². The average molecular weight is 189 g/mol. The minimum atomic E-state index is 0.425. The van der Waals surface area contributed by atoms with Gasteiger partial charge in [0.1, 0.15) is 6.29 Å². The monoisotopic (exact) mass is 188 g/mol. The van der Waals surface area contributed by atoms with Gasteiger partial charge in [-0.3, -0.25) is 4.79 Å². The van der Waals surface area contributed by atoms with Crippen LogP contribution in [0.2, 0.25) is 10.0 Å². The fourth-order valence-corrected chi connectivity index (χ4v) is 1.21. The van der Waals surface area contributed by atoms with Crippen molar-refractivity contribution in [1.82, 2.24) is 0 Å². The molecule has 0 unspecified atom stereocenters. The summed E-state index contributed by atoms with van der Waals surface area (Å²) in [4.78, 5) is 10.3. The highest BCUT2D eigenvalue weighted by Crippen LogP contribution is 2.26. The Morgan fingerprint density at radius 3 is 2.45 bits per heavy atom. The average Bonchev–Trinajstić information content (AvgIpc) is 1.99. The van der Waals surface area contributed by atoms with Crippen LogP contribution < -0.4 is 0 Å². The number of hydrogen-bond acceptors (Lipinski definition) is 1. The second-order valence-corrected chi connectivity index (χ2v) is 3.04. The molecule has 0 saturated carbocycles. The molecule has 0 radical (unpaired) electrons. The number of carbonyl (C=O) groups is 1. The molecule has 1 nitrogen and oxygen atoms in total. The summed E-state index contributed by atoms with van der Waals surface area (Å²) in [6, 6.07) is 3.24. The first-order valence-corrected chi connectivity index (χ1v) is 3.81. The summed E-state index contributed by atoms with van der Waals surface area (Å²) < 4.78 is 0. The van der Waals surface area contributed by atoms with Gasteiger partial charge in [-0.15, -0.1) is 0 Å². The van der Waals surface area contributed by atoms with Crippen molar-refractivity contribution >= 4 is 29.5 Å². The van der Waals surface area contributed by atoms with Gasteiger partial charge in [-0.1, -0.05) is 23.2 Å². The third kappa shape index (κ3) is 1.73. The molecular weight excluding hydrogens is 183 g/mol. The second-order valence-electron chi connectivity index (χ2n) is 2.25. The molecule has 1 aromatic rings. The van der Waals surface area contributed by atoms with Gasteiger partial charge in [-0.05, 0) is 24.6 Å². The van der Waals surface area contributed by atoms with Crippen molar-refractivity contribution in [1.29, 1.82) is 0 Å². The molecule has 3 heteroatoms. The maximum Gasteiger partial charge on any atom is 0.150 e. The zero-order valence-electron chi connectivity index (χ0n) is 5.90. The highest BCUT2D eigenvalue weighted by atomic mass is 35.5. The summed E-state index contributed by atoms with van der Waals surface area (Å²) in [5.41, 5.74) is 1.37. The lowest BCUT2D eigenvalue weighted by Gasteiger charge is -2.00. The Bertz CT molecular complexity index is 271. The maximum atomic E-state index is 10.3. The van der Waals surface area contributed by atoms with Crippen LogP contribution in [0, 0.1) is 6.92 Å². The van der Waals surface area contributed by atoms with Crippen LogP contribution in [0.3, 0.4) is 0 Å². The molecule has 0 bridgehead atoms. The van der Waals surface area contributed by atoms with Gasteiger partial charge in [0.05, 0.1) is 10.0 Å². The molecule has 11 heavy (non-hydrogen) atoms. The Balaban J connectivity index is 3.31. The van der Waals surface area contributed by atoms with E-state index in [0.717, 1.165) is 11.8 Å². The van der Waals surface area contributed by atoms with Crippen LogP contribution in [0.15, 0.2) is 12.1 Å². The normalized spacial score (nSPS) is 9.73. The zero-order valence-corrected chi connectivity index (χ0v) is 7.41. The van der Waals surface area contributed by atoms with Crippen LogP contribution in [0.25, 0.3) is 0 Å². The zero-order chi connectivity index (χ0) is 8.43. The van der Waals surface area contributed by atoms with E-state index >= 15 is 0 Å². The van der Waals surface area contributed by atoms with Gasteiger partial charge in [0.2, 0.25) is 0 Å². The van der Waals surface area contributed by atoms with Crippen LogP contribution in [-0.2, 0) is 0 Å². The minimum absolute atomic E-state index is 0.425. The van der Waals surface area contributed by atoms with Crippen LogP contribution in [0.4, 0.5) is 0 Å². The molecule has 1 aromatic carbocycles. The third-order valence-corrected chi connectivity index (χ3v) is 2.27.